The second-order valence-corrected chi connectivity index (χ2v) is 5.16. The van der Waals surface area contributed by atoms with Gasteiger partial charge in [-0.25, -0.2) is 0 Å². The van der Waals surface area contributed by atoms with Crippen molar-refractivity contribution in [2.45, 2.75) is 50.6 Å². The Labute approximate surface area is 91.7 Å². The lowest BCUT2D eigenvalue weighted by atomic mass is 9.88. The number of rotatable bonds is 1. The number of piperidine rings is 1. The molecule has 1 saturated heterocycles. The lowest BCUT2D eigenvalue weighted by molar-refractivity contribution is 0.397. The van der Waals surface area contributed by atoms with Gasteiger partial charge in [-0.1, -0.05) is 19.3 Å². The minimum atomic E-state index is 0.572. The number of aliphatic imine (C=N–C) groups is 1. The largest absolute Gasteiger partial charge is 0.367 e. The minimum absolute atomic E-state index is 0.572. The van der Waals surface area contributed by atoms with Crippen LogP contribution in [0.5, 0.6) is 0 Å². The van der Waals surface area contributed by atoms with E-state index in [1.54, 1.807) is 0 Å². The fourth-order valence-corrected chi connectivity index (χ4v) is 3.15. The van der Waals surface area contributed by atoms with Gasteiger partial charge in [0.25, 0.3) is 0 Å². The molecule has 2 N–H and O–H groups in total. The van der Waals surface area contributed by atoms with Gasteiger partial charge in [0.05, 0.1) is 12.1 Å². The van der Waals surface area contributed by atoms with Crippen LogP contribution in [0.15, 0.2) is 4.99 Å². The van der Waals surface area contributed by atoms with Gasteiger partial charge in [0, 0.05) is 12.5 Å². The minimum Gasteiger partial charge on any atom is -0.367 e. The number of hydrogen-bond donors (Lipinski definition) is 2. The Bertz CT molecular complexity index is 256. The zero-order valence-electron chi connectivity index (χ0n) is 9.34. The maximum absolute atomic E-state index is 4.90. The molecule has 3 rings (SSSR count). The SMILES string of the molecule is C1CCC(C2=NC3CCNCC3N2)CC1. The summed E-state index contributed by atoms with van der Waals surface area (Å²) in [7, 11) is 0. The highest BCUT2D eigenvalue weighted by molar-refractivity contribution is 5.87. The van der Waals surface area contributed by atoms with Gasteiger partial charge in [0.15, 0.2) is 0 Å². The van der Waals surface area contributed by atoms with Crippen molar-refractivity contribution in [1.82, 2.24) is 10.6 Å². The molecule has 15 heavy (non-hydrogen) atoms. The van der Waals surface area contributed by atoms with E-state index in [1.165, 1.54) is 44.4 Å². The van der Waals surface area contributed by atoms with Gasteiger partial charge in [-0.15, -0.1) is 0 Å². The first kappa shape index (κ1) is 9.64. The van der Waals surface area contributed by atoms with Crippen molar-refractivity contribution >= 4 is 5.84 Å². The lowest BCUT2D eigenvalue weighted by Gasteiger charge is -2.26. The Hall–Kier alpha value is -0.570. The van der Waals surface area contributed by atoms with Crippen molar-refractivity contribution in [2.24, 2.45) is 10.9 Å². The van der Waals surface area contributed by atoms with Crippen LogP contribution in [0.2, 0.25) is 0 Å². The van der Waals surface area contributed by atoms with Crippen molar-refractivity contribution in [3.8, 4) is 0 Å². The van der Waals surface area contributed by atoms with Gasteiger partial charge >= 0.3 is 0 Å². The first-order chi connectivity index (χ1) is 7.43. The second-order valence-electron chi connectivity index (χ2n) is 5.16. The standard InChI is InChI=1S/C12H21N3/c1-2-4-9(5-3-1)12-14-10-6-7-13-8-11(10)15-12/h9-11,13H,1-8H2,(H,14,15). The van der Waals surface area contributed by atoms with Crippen molar-refractivity contribution in [3.63, 3.8) is 0 Å². The van der Waals surface area contributed by atoms with Crippen LogP contribution in [-0.2, 0) is 0 Å². The molecule has 2 atom stereocenters. The summed E-state index contributed by atoms with van der Waals surface area (Å²) in [6.07, 6.45) is 8.17. The van der Waals surface area contributed by atoms with Crippen LogP contribution < -0.4 is 10.6 Å². The van der Waals surface area contributed by atoms with E-state index in [0.29, 0.717) is 12.1 Å². The molecule has 0 aromatic carbocycles. The number of fused-ring (bicyclic) bond motifs is 1. The van der Waals surface area contributed by atoms with E-state index in [2.05, 4.69) is 10.6 Å². The fourth-order valence-electron chi connectivity index (χ4n) is 3.15. The maximum Gasteiger partial charge on any atom is 0.100 e. The van der Waals surface area contributed by atoms with Crippen LogP contribution in [0.3, 0.4) is 0 Å². The molecular weight excluding hydrogens is 186 g/mol. The van der Waals surface area contributed by atoms with Crippen molar-refractivity contribution in [3.05, 3.63) is 0 Å². The molecule has 84 valence electrons. The van der Waals surface area contributed by atoms with Gasteiger partial charge in [0.1, 0.15) is 5.84 Å². The van der Waals surface area contributed by atoms with E-state index in [0.717, 1.165) is 19.0 Å². The highest BCUT2D eigenvalue weighted by Crippen LogP contribution is 2.27. The number of hydrogen-bond acceptors (Lipinski definition) is 3. The van der Waals surface area contributed by atoms with Crippen molar-refractivity contribution < 1.29 is 0 Å². The number of nitrogens with one attached hydrogen (secondary N) is 2. The molecule has 3 nitrogen and oxygen atoms in total. The van der Waals surface area contributed by atoms with E-state index in [1.807, 2.05) is 0 Å². The molecule has 0 spiro atoms. The van der Waals surface area contributed by atoms with E-state index in [-0.39, 0.29) is 0 Å². The van der Waals surface area contributed by atoms with Crippen LogP contribution in [0.25, 0.3) is 0 Å². The normalized spacial score (nSPS) is 36.9. The highest BCUT2D eigenvalue weighted by Gasteiger charge is 2.33. The molecule has 1 aliphatic carbocycles. The Morgan fingerprint density at radius 3 is 2.73 bits per heavy atom. The summed E-state index contributed by atoms with van der Waals surface area (Å²) in [6, 6.07) is 1.17. The van der Waals surface area contributed by atoms with Gasteiger partial charge in [-0.05, 0) is 25.8 Å². The molecular formula is C12H21N3. The zero-order chi connectivity index (χ0) is 10.1. The van der Waals surface area contributed by atoms with Gasteiger partial charge in [0.2, 0.25) is 0 Å². The average molecular weight is 207 g/mol. The Morgan fingerprint density at radius 1 is 1.07 bits per heavy atom. The summed E-state index contributed by atoms with van der Waals surface area (Å²) in [5, 5.41) is 7.09. The van der Waals surface area contributed by atoms with Crippen molar-refractivity contribution in [1.29, 1.82) is 0 Å². The summed E-state index contributed by atoms with van der Waals surface area (Å²) in [5.41, 5.74) is 0. The number of amidine groups is 1. The molecule has 0 bridgehead atoms. The first-order valence-electron chi connectivity index (χ1n) is 6.48. The Morgan fingerprint density at radius 2 is 1.93 bits per heavy atom. The third kappa shape index (κ3) is 1.89. The predicted molar refractivity (Wildman–Crippen MR) is 62.2 cm³/mol. The van der Waals surface area contributed by atoms with Crippen LogP contribution in [0.4, 0.5) is 0 Å². The molecule has 0 radical (unpaired) electrons. The highest BCUT2D eigenvalue weighted by atomic mass is 15.2. The van der Waals surface area contributed by atoms with Crippen molar-refractivity contribution in [2.75, 3.05) is 13.1 Å². The van der Waals surface area contributed by atoms with E-state index in [4.69, 9.17) is 4.99 Å². The monoisotopic (exact) mass is 207 g/mol. The molecule has 2 fully saturated rings. The summed E-state index contributed by atoms with van der Waals surface area (Å²) in [4.78, 5) is 4.90. The first-order valence-corrected chi connectivity index (χ1v) is 6.48. The summed E-state index contributed by atoms with van der Waals surface area (Å²) in [6.45, 7) is 2.24. The topological polar surface area (TPSA) is 36.4 Å². The summed E-state index contributed by atoms with van der Waals surface area (Å²) >= 11 is 0. The quantitative estimate of drug-likeness (QED) is 0.680. The van der Waals surface area contributed by atoms with E-state index in [9.17, 15) is 0 Å². The van der Waals surface area contributed by atoms with E-state index < -0.39 is 0 Å². The molecule has 3 heteroatoms. The summed E-state index contributed by atoms with van der Waals surface area (Å²) < 4.78 is 0. The van der Waals surface area contributed by atoms with Crippen LogP contribution in [0, 0.1) is 5.92 Å². The third-order valence-electron chi connectivity index (χ3n) is 4.08. The molecule has 0 aromatic heterocycles. The molecule has 1 saturated carbocycles. The van der Waals surface area contributed by atoms with Gasteiger partial charge in [-0.2, -0.15) is 0 Å². The zero-order valence-corrected chi connectivity index (χ0v) is 9.34. The molecule has 2 heterocycles. The predicted octanol–water partition coefficient (Wildman–Crippen LogP) is 1.30. The van der Waals surface area contributed by atoms with Gasteiger partial charge < -0.3 is 10.6 Å². The van der Waals surface area contributed by atoms with Gasteiger partial charge in [-0.3, -0.25) is 4.99 Å². The molecule has 0 aromatic rings. The maximum atomic E-state index is 4.90. The molecule has 2 unspecified atom stereocenters. The second kappa shape index (κ2) is 4.12. The third-order valence-corrected chi connectivity index (χ3v) is 4.08. The fraction of sp³-hybridized carbons (Fsp3) is 0.917. The van der Waals surface area contributed by atoms with Crippen LogP contribution >= 0.6 is 0 Å². The van der Waals surface area contributed by atoms with Crippen LogP contribution in [-0.4, -0.2) is 31.0 Å². The average Bonchev–Trinajstić information content (AvgIpc) is 2.74. The lowest BCUT2D eigenvalue weighted by Crippen LogP contribution is -2.48. The number of nitrogens with zero attached hydrogens (tertiary/aromatic N) is 1. The molecule has 3 aliphatic rings. The Kier molecular flexibility index (Phi) is 2.65. The van der Waals surface area contributed by atoms with E-state index >= 15 is 0 Å². The molecule has 2 aliphatic heterocycles. The van der Waals surface area contributed by atoms with Crippen LogP contribution in [0.1, 0.15) is 38.5 Å². The summed E-state index contributed by atoms with van der Waals surface area (Å²) in [5.74, 6) is 2.10. The Balaban J connectivity index is 1.66. The smallest absolute Gasteiger partial charge is 0.100 e. The molecule has 0 amide bonds.